The van der Waals surface area contributed by atoms with E-state index >= 15 is 52.7 Å². The molecule has 0 spiro atoms. The Bertz CT molecular complexity index is 5310. The number of hydrogen-bond donors (Lipinski definition) is 19. The number of benzene rings is 3. The first-order chi connectivity index (χ1) is 65.5. The normalized spacial score (nSPS) is 25.0. The molecule has 6 aromatic rings. The van der Waals surface area contributed by atoms with Crippen molar-refractivity contribution in [1.29, 1.82) is 5.41 Å². The number of nitrogens with one attached hydrogen (secondary N) is 13. The summed E-state index contributed by atoms with van der Waals surface area (Å²) >= 11 is 2.12. The number of aromatic hydroxyl groups is 1. The number of imidazole rings is 1. The van der Waals surface area contributed by atoms with Crippen LogP contribution in [0.25, 0.3) is 21.0 Å². The van der Waals surface area contributed by atoms with Crippen molar-refractivity contribution in [1.82, 2.24) is 92.6 Å². The van der Waals surface area contributed by atoms with Gasteiger partial charge in [0.05, 0.1) is 49.7 Å². The van der Waals surface area contributed by atoms with E-state index in [1.807, 2.05) is 37.4 Å². The lowest BCUT2D eigenvalue weighted by Gasteiger charge is -2.36. The van der Waals surface area contributed by atoms with E-state index in [9.17, 15) is 44.1 Å². The molecular weight excluding hydrogens is 1810 g/mol. The average molecular weight is 1940 g/mol. The summed E-state index contributed by atoms with van der Waals surface area (Å²) in [5.74, 6) is -18.9. The maximum Gasteiger partial charge on any atom is 0.246 e. The molecule has 42 nitrogen and oxygen atoms in total. The number of carbonyl (C=O) groups excluding carboxylic acids is 17. The first kappa shape index (κ1) is 106. The number of likely N-dealkylation sites (N-methyl/N-ethyl adjacent to an activating group) is 2. The van der Waals surface area contributed by atoms with Gasteiger partial charge >= 0.3 is 0 Å². The number of carbonyl (C=O) groups is 17. The van der Waals surface area contributed by atoms with E-state index in [0.29, 0.717) is 59.0 Å². The second kappa shape index (κ2) is 50.6. The molecule has 4 aliphatic rings. The third-order valence-electron chi connectivity index (χ3n) is 25.1. The van der Waals surface area contributed by atoms with Crippen molar-refractivity contribution in [3.63, 3.8) is 0 Å². The molecule has 4 fully saturated rings. The number of guanidine groups is 1. The number of phenolic OH excluding ortho intramolecular Hbond substituents is 1. The van der Waals surface area contributed by atoms with Crippen molar-refractivity contribution < 1.29 is 96.8 Å². The second-order valence-corrected chi connectivity index (χ2v) is 37.6. The number of thioether (sulfide) groups is 1. The molecule has 16 amide bonds. The fourth-order valence-electron chi connectivity index (χ4n) is 17.8. The predicted octanol–water partition coefficient (Wildman–Crippen LogP) is -0.961. The summed E-state index contributed by atoms with van der Waals surface area (Å²) in [5.41, 5.74) is 19.4. The fourth-order valence-corrected chi connectivity index (χ4v) is 19.6. The molecular formula is C93H128N22O20S2. The van der Waals surface area contributed by atoms with Crippen LogP contribution in [-0.2, 0) is 107 Å². The van der Waals surface area contributed by atoms with Crippen molar-refractivity contribution in [3.05, 3.63) is 119 Å². The first-order valence-electron chi connectivity index (χ1n) is 46.4. The van der Waals surface area contributed by atoms with Gasteiger partial charge in [0, 0.05) is 112 Å². The number of phenols is 1. The van der Waals surface area contributed by atoms with Gasteiger partial charge in [0.2, 0.25) is 94.5 Å². The number of thiophene rings is 1. The van der Waals surface area contributed by atoms with Gasteiger partial charge < -0.3 is 120 Å². The van der Waals surface area contributed by atoms with Crippen molar-refractivity contribution in [2.24, 2.45) is 29.0 Å². The van der Waals surface area contributed by atoms with Crippen LogP contribution in [0.1, 0.15) is 153 Å². The summed E-state index contributed by atoms with van der Waals surface area (Å²) in [5, 5.41) is 71.2. The lowest BCUT2D eigenvalue weighted by Crippen LogP contribution is -2.61. The van der Waals surface area contributed by atoms with Gasteiger partial charge in [0.15, 0.2) is 11.7 Å². The highest BCUT2D eigenvalue weighted by atomic mass is 32.2. The minimum absolute atomic E-state index is 0.00252. The molecule has 0 unspecified atom stereocenters. The Morgan fingerprint density at radius 3 is 1.80 bits per heavy atom. The lowest BCUT2D eigenvalue weighted by atomic mass is 9.93. The van der Waals surface area contributed by atoms with Gasteiger partial charge in [-0.15, -0.1) is 23.1 Å². The van der Waals surface area contributed by atoms with Gasteiger partial charge in [-0.25, -0.2) is 4.98 Å². The topological polar surface area (TPSA) is 634 Å². The molecule has 137 heavy (non-hydrogen) atoms. The van der Waals surface area contributed by atoms with Crippen LogP contribution in [0.4, 0.5) is 0 Å². The number of fused-ring (bicyclic) bond motifs is 5. The minimum Gasteiger partial charge on any atom is -0.508 e. The maximum atomic E-state index is 15.8. The van der Waals surface area contributed by atoms with Crippen molar-refractivity contribution in [2.75, 3.05) is 64.9 Å². The number of para-hydroxylation sites is 1. The quantitative estimate of drug-likeness (QED) is 0.0177. The molecule has 3 aromatic heterocycles. The Morgan fingerprint density at radius 2 is 1.16 bits per heavy atom. The molecule has 3 aromatic carbocycles. The fraction of sp³-hybridized carbons (Fsp3) is 0.538. The van der Waals surface area contributed by atoms with Crippen LogP contribution in [0.15, 0.2) is 96.9 Å². The summed E-state index contributed by atoms with van der Waals surface area (Å²) in [4.78, 5) is 268. The van der Waals surface area contributed by atoms with Crippen LogP contribution >= 0.6 is 23.1 Å². The summed E-state index contributed by atoms with van der Waals surface area (Å²) in [6.07, 6.45) is 1.99. The molecule has 0 saturated carbocycles. The highest BCUT2D eigenvalue weighted by Gasteiger charge is 2.48. The number of Topliss-reactive ketones (excluding diaryl/α,β-unsaturated/α-hetero) is 1. The van der Waals surface area contributed by atoms with Gasteiger partial charge in [-0.05, 0) is 122 Å². The molecule has 0 aliphatic carbocycles. The number of aromatic nitrogens is 3. The Hall–Kier alpha value is -13.1. The number of H-pyrrole nitrogens is 2. The van der Waals surface area contributed by atoms with Gasteiger partial charge in [-0.1, -0.05) is 102 Å². The number of ketones is 1. The maximum absolute atomic E-state index is 15.8. The van der Waals surface area contributed by atoms with Crippen LogP contribution in [0.5, 0.6) is 5.75 Å². The zero-order chi connectivity index (χ0) is 99.4. The molecule has 22 N–H and O–H groups in total. The molecule has 7 heterocycles. The number of rotatable bonds is 26. The summed E-state index contributed by atoms with van der Waals surface area (Å²) in [6, 6.07) is 0.338. The number of amides is 16. The first-order valence-corrected chi connectivity index (χ1v) is 48.4. The van der Waals surface area contributed by atoms with Gasteiger partial charge in [0.1, 0.15) is 78.3 Å². The van der Waals surface area contributed by atoms with E-state index in [0.717, 1.165) is 31.6 Å². The van der Waals surface area contributed by atoms with Gasteiger partial charge in [-0.3, -0.25) is 86.9 Å². The number of aliphatic hydroxyl groups is 2. The van der Waals surface area contributed by atoms with E-state index in [4.69, 9.17) is 22.6 Å². The molecule has 0 bridgehead atoms. The Labute approximate surface area is 800 Å². The molecule has 4 saturated heterocycles. The number of nitrogens with two attached hydrogens (primary N) is 3. The lowest BCUT2D eigenvalue weighted by molar-refractivity contribution is -0.149. The van der Waals surface area contributed by atoms with Gasteiger partial charge in [0.25, 0.3) is 0 Å². The average Bonchev–Trinajstić information content (AvgIpc) is 1.74. The Morgan fingerprint density at radius 1 is 0.569 bits per heavy atom. The van der Waals surface area contributed by atoms with Crippen LogP contribution in [-0.4, -0.2) is 311 Å². The molecule has 10 rings (SSSR count). The molecule has 742 valence electrons. The van der Waals surface area contributed by atoms with E-state index in [-0.39, 0.29) is 128 Å². The zero-order valence-corrected chi connectivity index (χ0v) is 79.4. The van der Waals surface area contributed by atoms with Crippen LogP contribution in [0, 0.1) is 17.2 Å². The standard InChI is InChI=1S/C93H128N22O20S2/c1-7-9-22-69-84(127)104-61(21-15-32-99-93(96)97)82(125)110-68(81(124)101-45-77(95)121)48-136-49-78(122)103-65(37-52-27-29-57(117)30-28-52)91(134)115-35-31-73(118)79(115)87(130)109-67(42-76(94)120)90(133)114-34-17-25-71(114)86(129)106-63(41-56-44-98-50-102-56)83(126)108-64(36-51(3)4)89(132)113-33-16-24-70(113)85(128)105-62(38-53-43-100-60-20-13-11-18-58(53)60)74(119)40-54(46-116)80(123)107-66(39-55-47-137-75-26-14-12-19-59(55)75)88(131)112(6)72(23-10-8-2)92(135)111(69)5/h11-14,18-20,26-30,43-44,47,50-51,54,61-73,79,100,116-118H,7-10,15-17,21-25,31-42,45-46,48-49H2,1-6H3,(H2,94,120)(H2,95,121)(H,98,102)(H,101,124)(H,103,122)(H,104,127)(H,105,128)(H,106,129)(H,107,123)(H,108,126)(H,109,130)(H,110,125)(H4,96,97,99)/t54-,61-,62-,63-,64-,65-,66-,67-,68-,69-,70-,71-,72-,73-,79-/m0/s1. The number of nitrogens with zero attached hydrogens (tertiary/aromatic N) is 6. The molecule has 4 aliphatic heterocycles. The van der Waals surface area contributed by atoms with Crippen LogP contribution < -0.4 is 70.4 Å². The van der Waals surface area contributed by atoms with Crippen molar-refractivity contribution in [3.8, 4) is 5.75 Å². The van der Waals surface area contributed by atoms with Crippen molar-refractivity contribution in [2.45, 2.75) is 241 Å². The van der Waals surface area contributed by atoms with E-state index in [2.05, 4.69) is 68.1 Å². The Balaban J connectivity index is 1.02. The largest absolute Gasteiger partial charge is 0.508 e. The van der Waals surface area contributed by atoms with Gasteiger partial charge in [-0.2, -0.15) is 0 Å². The number of primary amides is 2. The molecule has 44 heteroatoms. The smallest absolute Gasteiger partial charge is 0.246 e. The highest BCUT2D eigenvalue weighted by molar-refractivity contribution is 8.00. The third-order valence-corrected chi connectivity index (χ3v) is 27.1. The number of unbranched alkanes of at least 4 members (excludes halogenated alkanes) is 2. The van der Waals surface area contributed by atoms with Crippen LogP contribution in [0.2, 0.25) is 0 Å². The number of aliphatic hydroxyl groups excluding tert-OH is 2. The minimum atomic E-state index is -1.85. The van der Waals surface area contributed by atoms with Crippen molar-refractivity contribution >= 4 is 150 Å². The third kappa shape index (κ3) is 29.0. The van der Waals surface area contributed by atoms with E-state index < -0.39 is 234 Å². The predicted molar refractivity (Wildman–Crippen MR) is 507 cm³/mol. The summed E-state index contributed by atoms with van der Waals surface area (Å²) < 4.78 is 0.834. The SMILES string of the molecule is CCCC[C@H]1C(=O)N(C)[C@@H](CCCC)C(=O)N[C@@H](CCCNC(=N)N)C(=O)N[C@H](C(=O)NCC(N)=O)CSCC(=O)N[C@@H](Cc2ccc(O)cc2)C(=O)N2CC[C@H](O)[C@H]2C(=O)N[C@@H](CC(N)=O)C(=O)N2CCC[C@H]2C(=O)N[C@@H](Cc2cnc[nH]2)C(=O)N[C@@H](CC(C)C)C(=O)N2CCC[C@H]2C(=O)N[C@@H](Cc2c[nH]c3ccccc23)C(=O)C[C@@H](CO)C(=O)N[C@@H](Cc2csc3ccccc23)C(=O)N1C. The highest BCUT2D eigenvalue weighted by Crippen LogP contribution is 2.31. The van der Waals surface area contributed by atoms with E-state index in [1.54, 1.807) is 50.4 Å². The van der Waals surface area contributed by atoms with Crippen LogP contribution in [0.3, 0.4) is 0 Å². The molecule has 15 atom stereocenters. The second-order valence-electron chi connectivity index (χ2n) is 35.7. The molecule has 0 radical (unpaired) electrons. The summed E-state index contributed by atoms with van der Waals surface area (Å²) in [7, 11) is 2.74. The number of hydrogen-bond acceptors (Lipinski definition) is 24. The summed E-state index contributed by atoms with van der Waals surface area (Å²) in [6.45, 7) is 5.13. The Kier molecular flexibility index (Phi) is 39.2. The number of aromatic amines is 2. The van der Waals surface area contributed by atoms with E-state index in [1.165, 1.54) is 76.9 Å². The monoisotopic (exact) mass is 1940 g/mol. The zero-order valence-electron chi connectivity index (χ0n) is 77.8.